The highest BCUT2D eigenvalue weighted by Crippen LogP contribution is 2.15. The first kappa shape index (κ1) is 14.3. The third-order valence-electron chi connectivity index (χ3n) is 2.51. The van der Waals surface area contributed by atoms with Crippen molar-refractivity contribution in [2.75, 3.05) is 23.1 Å². The molecule has 3 nitrogen and oxygen atoms in total. The number of anilines is 2. The van der Waals surface area contributed by atoms with E-state index in [2.05, 4.69) is 10.6 Å². The molecule has 0 fully saturated rings. The van der Waals surface area contributed by atoms with Crippen LogP contribution in [0.2, 0.25) is 0 Å². The molecule has 0 saturated heterocycles. The average Bonchev–Trinajstić information content (AvgIpc) is 2.39. The summed E-state index contributed by atoms with van der Waals surface area (Å²) in [6.45, 7) is 0. The predicted octanol–water partition coefficient (Wildman–Crippen LogP) is 3.77. The highest BCUT2D eigenvalue weighted by molar-refractivity contribution is 8.04. The molecular formula is C16H19N2OS+. The van der Waals surface area contributed by atoms with Gasteiger partial charge in [0.15, 0.2) is 11.2 Å². The Morgan fingerprint density at radius 2 is 1.25 bits per heavy atom. The molecule has 0 aromatic heterocycles. The summed E-state index contributed by atoms with van der Waals surface area (Å²) >= 11 is 0. The Hall–Kier alpha value is -2.07. The van der Waals surface area contributed by atoms with Crippen molar-refractivity contribution in [3.8, 4) is 0 Å². The zero-order valence-corrected chi connectivity index (χ0v) is 12.5. The zero-order valence-electron chi connectivity index (χ0n) is 11.7. The molecule has 0 radical (unpaired) electrons. The minimum Gasteiger partial charge on any atom is -0.338 e. The molecule has 0 amide bonds. The number of para-hydroxylation sites is 2. The lowest BCUT2D eigenvalue weighted by Crippen LogP contribution is -2.13. The maximum absolute atomic E-state index is 12.0. The first-order chi connectivity index (χ1) is 9.53. The first-order valence-corrected chi connectivity index (χ1v) is 8.77. The molecule has 0 unspecified atom stereocenters. The largest absolute Gasteiger partial charge is 0.338 e. The summed E-state index contributed by atoms with van der Waals surface area (Å²) in [6, 6.07) is 19.6. The molecule has 0 aliphatic rings. The van der Waals surface area contributed by atoms with Crippen molar-refractivity contribution in [3.05, 3.63) is 71.9 Å². The van der Waals surface area contributed by atoms with E-state index in [1.54, 1.807) is 17.9 Å². The van der Waals surface area contributed by atoms with Gasteiger partial charge in [-0.1, -0.05) is 36.4 Å². The normalized spacial score (nSPS) is 10.7. The lowest BCUT2D eigenvalue weighted by atomic mass is 10.3. The third kappa shape index (κ3) is 4.90. The molecular weight excluding hydrogens is 268 g/mol. The zero-order chi connectivity index (χ0) is 14.4. The molecule has 4 heteroatoms. The summed E-state index contributed by atoms with van der Waals surface area (Å²) < 4.78 is 12.0. The van der Waals surface area contributed by atoms with Crippen LogP contribution in [0.5, 0.6) is 0 Å². The van der Waals surface area contributed by atoms with Gasteiger partial charge in [0.1, 0.15) is 22.4 Å². The summed E-state index contributed by atoms with van der Waals surface area (Å²) in [6.07, 6.45) is 3.43. The van der Waals surface area contributed by atoms with Crippen molar-refractivity contribution < 1.29 is 4.21 Å². The van der Waals surface area contributed by atoms with Crippen LogP contribution < -0.4 is 10.6 Å². The van der Waals surface area contributed by atoms with E-state index in [1.165, 1.54) is 0 Å². The van der Waals surface area contributed by atoms with Crippen LogP contribution in [0.1, 0.15) is 0 Å². The molecule has 2 rings (SSSR count). The average molecular weight is 287 g/mol. The van der Waals surface area contributed by atoms with Gasteiger partial charge in [-0.2, -0.15) is 0 Å². The summed E-state index contributed by atoms with van der Waals surface area (Å²) in [7, 11) is -2.00. The van der Waals surface area contributed by atoms with Gasteiger partial charge in [-0.15, -0.1) is 4.21 Å². The fourth-order valence-electron chi connectivity index (χ4n) is 1.73. The van der Waals surface area contributed by atoms with Crippen LogP contribution in [0.25, 0.3) is 0 Å². The number of benzene rings is 2. The van der Waals surface area contributed by atoms with Gasteiger partial charge < -0.3 is 10.6 Å². The van der Waals surface area contributed by atoms with E-state index in [9.17, 15) is 4.21 Å². The van der Waals surface area contributed by atoms with Crippen LogP contribution in [0, 0.1) is 0 Å². The van der Waals surface area contributed by atoms with E-state index in [0.717, 1.165) is 17.2 Å². The quantitative estimate of drug-likeness (QED) is 0.823. The Morgan fingerprint density at radius 3 is 1.60 bits per heavy atom. The highest BCUT2D eigenvalue weighted by atomic mass is 32.2. The van der Waals surface area contributed by atoms with E-state index >= 15 is 0 Å². The van der Waals surface area contributed by atoms with Gasteiger partial charge in [-0.05, 0) is 24.3 Å². The second-order valence-corrected chi connectivity index (χ2v) is 7.68. The van der Waals surface area contributed by atoms with Crippen LogP contribution in [0.4, 0.5) is 11.4 Å². The number of nitrogens with one attached hydrogen (secondary N) is 2. The summed E-state index contributed by atoms with van der Waals surface area (Å²) in [5, 5.41) is 8.24. The van der Waals surface area contributed by atoms with E-state index in [1.807, 2.05) is 60.7 Å². The van der Waals surface area contributed by atoms with Crippen LogP contribution in [-0.2, 0) is 14.1 Å². The van der Waals surface area contributed by atoms with Gasteiger partial charge in [0.05, 0.1) is 0 Å². The molecule has 0 saturated carbocycles. The van der Waals surface area contributed by atoms with Gasteiger partial charge in [0, 0.05) is 11.4 Å². The van der Waals surface area contributed by atoms with Crippen molar-refractivity contribution in [2.24, 2.45) is 0 Å². The molecule has 2 N–H and O–H groups in total. The van der Waals surface area contributed by atoms with Gasteiger partial charge >= 0.3 is 0 Å². The van der Waals surface area contributed by atoms with Crippen molar-refractivity contribution in [1.82, 2.24) is 0 Å². The Labute approximate surface area is 121 Å². The summed E-state index contributed by atoms with van der Waals surface area (Å²) in [5.74, 6) is 0.720. The Kier molecular flexibility index (Phi) is 4.58. The molecule has 0 aliphatic carbocycles. The van der Waals surface area contributed by atoms with Crippen LogP contribution >= 0.6 is 0 Å². The maximum Gasteiger partial charge on any atom is 0.162 e. The van der Waals surface area contributed by atoms with Crippen LogP contribution in [-0.4, -0.2) is 12.5 Å². The standard InChI is InChI=1S/C16H19N2OS/c1-20(2,19)13-16(17-14-9-5-3-6-10-14)18-15-11-7-4-8-12-15/h3-13,17-18H,1-2H3/q+1. The van der Waals surface area contributed by atoms with E-state index in [-0.39, 0.29) is 0 Å². The van der Waals surface area contributed by atoms with Crippen LogP contribution in [0.15, 0.2) is 71.9 Å². The SMILES string of the molecule is C[S+](C)(=O)C=C(Nc1ccccc1)Nc1ccccc1. The Morgan fingerprint density at radius 1 is 0.850 bits per heavy atom. The molecule has 0 atom stereocenters. The highest BCUT2D eigenvalue weighted by Gasteiger charge is 2.12. The predicted molar refractivity (Wildman–Crippen MR) is 88.1 cm³/mol. The monoisotopic (exact) mass is 287 g/mol. The minimum absolute atomic E-state index is 0.720. The smallest absolute Gasteiger partial charge is 0.162 e. The Bertz CT molecular complexity index is 574. The fraction of sp³-hybridized carbons (Fsp3) is 0.125. The van der Waals surface area contributed by atoms with Gasteiger partial charge in [0.25, 0.3) is 0 Å². The first-order valence-electron chi connectivity index (χ1n) is 6.33. The van der Waals surface area contributed by atoms with E-state index in [4.69, 9.17) is 0 Å². The second kappa shape index (κ2) is 6.39. The van der Waals surface area contributed by atoms with Gasteiger partial charge in [0.2, 0.25) is 0 Å². The summed E-state index contributed by atoms with van der Waals surface area (Å²) in [4.78, 5) is 0. The van der Waals surface area contributed by atoms with Crippen molar-refractivity contribution >= 4 is 21.3 Å². The van der Waals surface area contributed by atoms with Crippen molar-refractivity contribution in [1.29, 1.82) is 0 Å². The summed E-state index contributed by atoms with van der Waals surface area (Å²) in [5.41, 5.74) is 1.90. The van der Waals surface area contributed by atoms with Crippen molar-refractivity contribution in [2.45, 2.75) is 0 Å². The van der Waals surface area contributed by atoms with Crippen molar-refractivity contribution in [3.63, 3.8) is 0 Å². The molecule has 2 aromatic rings. The molecule has 0 bridgehead atoms. The van der Waals surface area contributed by atoms with E-state index < -0.39 is 9.93 Å². The molecule has 0 aliphatic heterocycles. The molecule has 0 heterocycles. The fourth-order valence-corrected chi connectivity index (χ4v) is 2.41. The number of hydrogen-bond acceptors (Lipinski definition) is 3. The molecule has 20 heavy (non-hydrogen) atoms. The molecule has 104 valence electrons. The van der Waals surface area contributed by atoms with Gasteiger partial charge in [-0.25, -0.2) is 0 Å². The Balaban J connectivity index is 2.22. The number of rotatable bonds is 5. The topological polar surface area (TPSA) is 41.1 Å². The lowest BCUT2D eigenvalue weighted by molar-refractivity contribution is 0.595. The van der Waals surface area contributed by atoms with Gasteiger partial charge in [-0.3, -0.25) is 0 Å². The molecule has 2 aromatic carbocycles. The van der Waals surface area contributed by atoms with Crippen LogP contribution in [0.3, 0.4) is 0 Å². The second-order valence-electron chi connectivity index (χ2n) is 4.82. The molecule has 0 spiro atoms. The lowest BCUT2D eigenvalue weighted by Gasteiger charge is -2.12. The third-order valence-corrected chi connectivity index (χ3v) is 3.31. The number of hydrogen-bond donors (Lipinski definition) is 2. The minimum atomic E-state index is -2.00. The maximum atomic E-state index is 12.0. The van der Waals surface area contributed by atoms with E-state index in [0.29, 0.717) is 0 Å².